The molecule has 1 aliphatic rings. The highest BCUT2D eigenvalue weighted by Crippen LogP contribution is 2.34. The molecule has 0 bridgehead atoms. The van der Waals surface area contributed by atoms with Gasteiger partial charge in [0.1, 0.15) is 0 Å². The van der Waals surface area contributed by atoms with Gasteiger partial charge in [-0.25, -0.2) is 0 Å². The summed E-state index contributed by atoms with van der Waals surface area (Å²) >= 11 is 0. The Morgan fingerprint density at radius 1 is 1.38 bits per heavy atom. The lowest BCUT2D eigenvalue weighted by Gasteiger charge is -2.29. The summed E-state index contributed by atoms with van der Waals surface area (Å²) in [4.78, 5) is 16.5. The standard InChI is InChI=1S/C16H19N3O2/c1-11(2)18-8-6-12(7-9-18)13-10-17-14-4-3-5-15(16(13)14)19(20)21/h3-6,10-11,17H,7-9H2,1-2H3. The quantitative estimate of drug-likeness (QED) is 0.692. The van der Waals surface area contributed by atoms with Gasteiger partial charge in [0.2, 0.25) is 0 Å². The average Bonchev–Trinajstić information content (AvgIpc) is 2.91. The zero-order valence-electron chi connectivity index (χ0n) is 12.3. The van der Waals surface area contributed by atoms with E-state index in [1.807, 2.05) is 12.3 Å². The Kier molecular flexibility index (Phi) is 3.51. The molecule has 21 heavy (non-hydrogen) atoms. The molecule has 0 atom stereocenters. The first kappa shape index (κ1) is 13.8. The van der Waals surface area contributed by atoms with Crippen molar-refractivity contribution in [1.29, 1.82) is 0 Å². The molecule has 0 fully saturated rings. The minimum Gasteiger partial charge on any atom is -0.360 e. The van der Waals surface area contributed by atoms with Crippen LogP contribution in [0.2, 0.25) is 0 Å². The number of fused-ring (bicyclic) bond motifs is 1. The van der Waals surface area contributed by atoms with Crippen LogP contribution in [-0.2, 0) is 0 Å². The number of H-pyrrole nitrogens is 1. The van der Waals surface area contributed by atoms with Crippen molar-refractivity contribution in [1.82, 2.24) is 9.88 Å². The number of rotatable bonds is 3. The van der Waals surface area contributed by atoms with E-state index >= 15 is 0 Å². The summed E-state index contributed by atoms with van der Waals surface area (Å²) in [6, 6.07) is 5.70. The predicted molar refractivity (Wildman–Crippen MR) is 84.3 cm³/mol. The van der Waals surface area contributed by atoms with Crippen LogP contribution in [-0.4, -0.2) is 33.9 Å². The predicted octanol–water partition coefficient (Wildman–Crippen LogP) is 3.57. The van der Waals surface area contributed by atoms with Crippen molar-refractivity contribution in [2.24, 2.45) is 0 Å². The van der Waals surface area contributed by atoms with E-state index in [9.17, 15) is 10.1 Å². The van der Waals surface area contributed by atoms with E-state index in [1.54, 1.807) is 12.1 Å². The van der Waals surface area contributed by atoms with Gasteiger partial charge in [0.15, 0.2) is 0 Å². The molecule has 0 radical (unpaired) electrons. The molecule has 2 aromatic rings. The molecule has 0 spiro atoms. The zero-order valence-corrected chi connectivity index (χ0v) is 12.3. The second-order valence-electron chi connectivity index (χ2n) is 5.73. The lowest BCUT2D eigenvalue weighted by molar-refractivity contribution is -0.383. The molecule has 0 unspecified atom stereocenters. The van der Waals surface area contributed by atoms with Gasteiger partial charge >= 0.3 is 0 Å². The van der Waals surface area contributed by atoms with Gasteiger partial charge in [0.05, 0.1) is 15.8 Å². The Hall–Kier alpha value is -2.14. The van der Waals surface area contributed by atoms with Gasteiger partial charge in [-0.1, -0.05) is 12.1 Å². The van der Waals surface area contributed by atoms with Crippen molar-refractivity contribution < 1.29 is 4.92 Å². The Morgan fingerprint density at radius 2 is 2.19 bits per heavy atom. The van der Waals surface area contributed by atoms with Crippen LogP contribution in [0, 0.1) is 10.1 Å². The Bertz CT molecular complexity index is 715. The van der Waals surface area contributed by atoms with Crippen LogP contribution in [0.5, 0.6) is 0 Å². The first-order chi connectivity index (χ1) is 10.1. The minimum atomic E-state index is -0.302. The molecule has 5 nitrogen and oxygen atoms in total. The molecule has 0 amide bonds. The highest BCUT2D eigenvalue weighted by Gasteiger charge is 2.21. The molecule has 5 heteroatoms. The first-order valence-electron chi connectivity index (χ1n) is 7.26. The summed E-state index contributed by atoms with van der Waals surface area (Å²) in [5, 5.41) is 12.0. The third kappa shape index (κ3) is 2.45. The van der Waals surface area contributed by atoms with E-state index in [-0.39, 0.29) is 10.6 Å². The number of nitro benzene ring substituents is 1. The lowest BCUT2D eigenvalue weighted by Crippen LogP contribution is -2.34. The Labute approximate surface area is 123 Å². The maximum Gasteiger partial charge on any atom is 0.279 e. The fourth-order valence-electron chi connectivity index (χ4n) is 2.97. The van der Waals surface area contributed by atoms with E-state index in [0.29, 0.717) is 6.04 Å². The molecule has 1 aliphatic heterocycles. The second kappa shape index (κ2) is 5.33. The molecule has 3 rings (SSSR count). The molecule has 2 heterocycles. The van der Waals surface area contributed by atoms with E-state index in [4.69, 9.17) is 0 Å². The maximum atomic E-state index is 11.3. The maximum absolute atomic E-state index is 11.3. The lowest BCUT2D eigenvalue weighted by atomic mass is 9.97. The number of benzene rings is 1. The molecule has 0 saturated carbocycles. The largest absolute Gasteiger partial charge is 0.360 e. The van der Waals surface area contributed by atoms with Crippen LogP contribution < -0.4 is 0 Å². The molecule has 1 aromatic carbocycles. The van der Waals surface area contributed by atoms with Gasteiger partial charge in [-0.05, 0) is 31.9 Å². The van der Waals surface area contributed by atoms with Crippen LogP contribution in [0.1, 0.15) is 25.8 Å². The number of hydrogen-bond donors (Lipinski definition) is 1. The summed E-state index contributed by atoms with van der Waals surface area (Å²) in [5.41, 5.74) is 3.18. The Balaban J connectivity index is 2.04. The van der Waals surface area contributed by atoms with Crippen molar-refractivity contribution in [3.8, 4) is 0 Å². The molecular weight excluding hydrogens is 266 g/mol. The minimum absolute atomic E-state index is 0.177. The van der Waals surface area contributed by atoms with Crippen molar-refractivity contribution >= 4 is 22.2 Å². The van der Waals surface area contributed by atoms with Crippen molar-refractivity contribution in [3.05, 3.63) is 46.1 Å². The summed E-state index contributed by atoms with van der Waals surface area (Å²) in [6.07, 6.45) is 5.02. The molecule has 0 saturated heterocycles. The fourth-order valence-corrected chi connectivity index (χ4v) is 2.97. The van der Waals surface area contributed by atoms with Crippen LogP contribution >= 0.6 is 0 Å². The van der Waals surface area contributed by atoms with Gasteiger partial charge in [-0.15, -0.1) is 0 Å². The van der Waals surface area contributed by atoms with Crippen LogP contribution in [0.25, 0.3) is 16.5 Å². The van der Waals surface area contributed by atoms with Gasteiger partial charge in [0.25, 0.3) is 5.69 Å². The third-order valence-electron chi connectivity index (χ3n) is 4.20. The number of aromatic amines is 1. The topological polar surface area (TPSA) is 62.2 Å². The average molecular weight is 285 g/mol. The smallest absolute Gasteiger partial charge is 0.279 e. The van der Waals surface area contributed by atoms with Crippen LogP contribution in [0.4, 0.5) is 5.69 Å². The number of nitro groups is 1. The molecular formula is C16H19N3O2. The van der Waals surface area contributed by atoms with Gasteiger partial charge in [-0.3, -0.25) is 15.0 Å². The van der Waals surface area contributed by atoms with E-state index in [2.05, 4.69) is 29.8 Å². The van der Waals surface area contributed by atoms with Gasteiger partial charge in [0, 0.05) is 37.0 Å². The summed E-state index contributed by atoms with van der Waals surface area (Å²) in [7, 11) is 0. The first-order valence-corrected chi connectivity index (χ1v) is 7.26. The summed E-state index contributed by atoms with van der Waals surface area (Å²) in [5.74, 6) is 0. The highest BCUT2D eigenvalue weighted by molar-refractivity contribution is 5.99. The van der Waals surface area contributed by atoms with E-state index in [1.165, 1.54) is 5.57 Å². The fraction of sp³-hybridized carbons (Fsp3) is 0.375. The SMILES string of the molecule is CC(C)N1CC=C(c2c[nH]c3cccc([N+](=O)[O-])c23)CC1. The monoisotopic (exact) mass is 285 g/mol. The summed E-state index contributed by atoms with van der Waals surface area (Å²) < 4.78 is 0. The number of non-ortho nitro benzene ring substituents is 1. The molecule has 1 N–H and O–H groups in total. The van der Waals surface area contributed by atoms with Crippen molar-refractivity contribution in [2.75, 3.05) is 13.1 Å². The van der Waals surface area contributed by atoms with Gasteiger partial charge in [-0.2, -0.15) is 0 Å². The number of aromatic nitrogens is 1. The number of nitrogens with one attached hydrogen (secondary N) is 1. The number of nitrogens with zero attached hydrogens (tertiary/aromatic N) is 2. The van der Waals surface area contributed by atoms with Crippen molar-refractivity contribution in [2.45, 2.75) is 26.3 Å². The van der Waals surface area contributed by atoms with Crippen LogP contribution in [0.3, 0.4) is 0 Å². The van der Waals surface area contributed by atoms with Crippen LogP contribution in [0.15, 0.2) is 30.5 Å². The third-order valence-corrected chi connectivity index (χ3v) is 4.20. The van der Waals surface area contributed by atoms with Crippen molar-refractivity contribution in [3.63, 3.8) is 0 Å². The molecule has 110 valence electrons. The van der Waals surface area contributed by atoms with E-state index < -0.39 is 0 Å². The zero-order chi connectivity index (χ0) is 15.0. The normalized spacial score (nSPS) is 16.4. The number of hydrogen-bond acceptors (Lipinski definition) is 3. The Morgan fingerprint density at radius 3 is 2.81 bits per heavy atom. The summed E-state index contributed by atoms with van der Waals surface area (Å²) in [6.45, 7) is 6.28. The van der Waals surface area contributed by atoms with Gasteiger partial charge < -0.3 is 4.98 Å². The molecule has 1 aromatic heterocycles. The van der Waals surface area contributed by atoms with E-state index in [0.717, 1.165) is 36.0 Å². The highest BCUT2D eigenvalue weighted by atomic mass is 16.6. The second-order valence-corrected chi connectivity index (χ2v) is 5.73. The molecule has 0 aliphatic carbocycles.